The standard InChI is InChI=1S/C15H18Cl2N2O3S/c1-2-7-18-15(20)11-4-3-8-19(10-11)23(21,22)14-9-12(16)5-6-13(14)17/h2,5-6,9,11H,1,3-4,7-8,10H2,(H,18,20)/t11-/m1/s1. The second kappa shape index (κ2) is 7.66. The summed E-state index contributed by atoms with van der Waals surface area (Å²) < 4.78 is 26.9. The monoisotopic (exact) mass is 376 g/mol. The van der Waals surface area contributed by atoms with Crippen LogP contribution in [0.5, 0.6) is 0 Å². The predicted molar refractivity (Wildman–Crippen MR) is 91.2 cm³/mol. The summed E-state index contributed by atoms with van der Waals surface area (Å²) in [5, 5.41) is 3.12. The number of carbonyl (C=O) groups excluding carboxylic acids is 1. The molecular weight excluding hydrogens is 359 g/mol. The van der Waals surface area contributed by atoms with Crippen LogP contribution in [-0.2, 0) is 14.8 Å². The van der Waals surface area contributed by atoms with Crippen molar-refractivity contribution in [3.05, 3.63) is 40.9 Å². The number of hydrogen-bond donors (Lipinski definition) is 1. The van der Waals surface area contributed by atoms with Gasteiger partial charge in [0.15, 0.2) is 0 Å². The first kappa shape index (κ1) is 18.3. The van der Waals surface area contributed by atoms with Gasteiger partial charge in [0.1, 0.15) is 4.90 Å². The van der Waals surface area contributed by atoms with Crippen molar-refractivity contribution in [2.24, 2.45) is 5.92 Å². The van der Waals surface area contributed by atoms with Crippen LogP contribution in [0.1, 0.15) is 12.8 Å². The SMILES string of the molecule is C=CCNC(=O)[C@@H]1CCCN(S(=O)(=O)c2cc(Cl)ccc2Cl)C1. The third-order valence-electron chi connectivity index (χ3n) is 3.69. The Kier molecular flexibility index (Phi) is 6.08. The van der Waals surface area contributed by atoms with Gasteiger partial charge in [-0.15, -0.1) is 6.58 Å². The Hall–Kier alpha value is -1.08. The summed E-state index contributed by atoms with van der Waals surface area (Å²) >= 11 is 11.9. The van der Waals surface area contributed by atoms with Gasteiger partial charge >= 0.3 is 0 Å². The molecule has 23 heavy (non-hydrogen) atoms. The summed E-state index contributed by atoms with van der Waals surface area (Å²) in [5.74, 6) is -0.543. The zero-order valence-electron chi connectivity index (χ0n) is 12.5. The molecule has 0 aliphatic carbocycles. The van der Waals surface area contributed by atoms with Gasteiger partial charge in [-0.05, 0) is 31.0 Å². The maximum atomic E-state index is 12.8. The fraction of sp³-hybridized carbons (Fsp3) is 0.400. The fourth-order valence-corrected chi connectivity index (χ4v) is 4.77. The van der Waals surface area contributed by atoms with Gasteiger partial charge in [-0.25, -0.2) is 8.42 Å². The molecule has 0 radical (unpaired) electrons. The van der Waals surface area contributed by atoms with Gasteiger partial charge in [0.2, 0.25) is 15.9 Å². The Morgan fingerprint density at radius 3 is 2.87 bits per heavy atom. The number of halogens is 2. The number of hydrogen-bond acceptors (Lipinski definition) is 3. The lowest BCUT2D eigenvalue weighted by molar-refractivity contribution is -0.125. The smallest absolute Gasteiger partial charge is 0.244 e. The number of benzene rings is 1. The van der Waals surface area contributed by atoms with Crippen LogP contribution < -0.4 is 5.32 Å². The quantitative estimate of drug-likeness (QED) is 0.803. The molecule has 1 N–H and O–H groups in total. The van der Waals surface area contributed by atoms with E-state index in [4.69, 9.17) is 23.2 Å². The Morgan fingerprint density at radius 2 is 2.17 bits per heavy atom. The van der Waals surface area contributed by atoms with Crippen molar-refractivity contribution in [2.45, 2.75) is 17.7 Å². The van der Waals surface area contributed by atoms with Crippen molar-refractivity contribution < 1.29 is 13.2 Å². The summed E-state index contributed by atoms with van der Waals surface area (Å²) in [6.07, 6.45) is 2.85. The van der Waals surface area contributed by atoms with Crippen LogP contribution in [0.3, 0.4) is 0 Å². The predicted octanol–water partition coefficient (Wildman–Crippen LogP) is 2.70. The Bertz CT molecular complexity index is 707. The van der Waals surface area contributed by atoms with Crippen LogP contribution in [0.15, 0.2) is 35.7 Å². The maximum Gasteiger partial charge on any atom is 0.244 e. The first-order valence-electron chi connectivity index (χ1n) is 7.20. The molecule has 1 atom stereocenters. The minimum absolute atomic E-state index is 0.0289. The van der Waals surface area contributed by atoms with Crippen LogP contribution in [0.25, 0.3) is 0 Å². The topological polar surface area (TPSA) is 66.5 Å². The average molecular weight is 377 g/mol. The lowest BCUT2D eigenvalue weighted by atomic mass is 9.99. The molecule has 0 saturated carbocycles. The second-order valence-electron chi connectivity index (χ2n) is 5.31. The van der Waals surface area contributed by atoms with E-state index in [2.05, 4.69) is 11.9 Å². The largest absolute Gasteiger partial charge is 0.352 e. The van der Waals surface area contributed by atoms with E-state index in [1.165, 1.54) is 22.5 Å². The molecule has 0 spiro atoms. The van der Waals surface area contributed by atoms with Gasteiger partial charge < -0.3 is 5.32 Å². The van der Waals surface area contributed by atoms with Gasteiger partial charge in [-0.2, -0.15) is 4.31 Å². The minimum atomic E-state index is -3.79. The van der Waals surface area contributed by atoms with E-state index in [9.17, 15) is 13.2 Å². The Morgan fingerprint density at radius 1 is 1.43 bits per heavy atom. The molecule has 2 rings (SSSR count). The molecule has 1 aliphatic heterocycles. The molecule has 1 amide bonds. The molecule has 1 aromatic carbocycles. The lowest BCUT2D eigenvalue weighted by Gasteiger charge is -2.31. The summed E-state index contributed by atoms with van der Waals surface area (Å²) in [6.45, 7) is 4.40. The third-order valence-corrected chi connectivity index (χ3v) is 6.27. The highest BCUT2D eigenvalue weighted by atomic mass is 35.5. The highest BCUT2D eigenvalue weighted by molar-refractivity contribution is 7.89. The van der Waals surface area contributed by atoms with Gasteiger partial charge in [0.25, 0.3) is 0 Å². The number of nitrogens with zero attached hydrogens (tertiary/aromatic N) is 1. The number of nitrogens with one attached hydrogen (secondary N) is 1. The Labute approximate surface area is 146 Å². The van der Waals surface area contributed by atoms with E-state index in [0.29, 0.717) is 31.0 Å². The molecule has 1 aromatic rings. The van der Waals surface area contributed by atoms with Gasteiger partial charge in [-0.3, -0.25) is 4.79 Å². The van der Waals surface area contributed by atoms with Gasteiger partial charge in [0, 0.05) is 24.7 Å². The van der Waals surface area contributed by atoms with E-state index in [1.807, 2.05) is 0 Å². The van der Waals surface area contributed by atoms with E-state index >= 15 is 0 Å². The highest BCUT2D eigenvalue weighted by Gasteiger charge is 2.34. The average Bonchev–Trinajstić information content (AvgIpc) is 2.54. The minimum Gasteiger partial charge on any atom is -0.352 e. The van der Waals surface area contributed by atoms with Crippen molar-refractivity contribution in [3.63, 3.8) is 0 Å². The van der Waals surface area contributed by atoms with Crippen molar-refractivity contribution in [1.29, 1.82) is 0 Å². The maximum absolute atomic E-state index is 12.8. The summed E-state index contributed by atoms with van der Waals surface area (Å²) in [6, 6.07) is 4.32. The summed E-state index contributed by atoms with van der Waals surface area (Å²) in [5.41, 5.74) is 0. The highest BCUT2D eigenvalue weighted by Crippen LogP contribution is 2.30. The fourth-order valence-electron chi connectivity index (χ4n) is 2.51. The molecule has 126 valence electrons. The second-order valence-corrected chi connectivity index (χ2v) is 8.06. The van der Waals surface area contributed by atoms with Crippen LogP contribution in [0.4, 0.5) is 0 Å². The molecule has 1 fully saturated rings. The molecule has 0 bridgehead atoms. The zero-order chi connectivity index (χ0) is 17.0. The Balaban J connectivity index is 2.21. The number of sulfonamides is 1. The number of piperidine rings is 1. The van der Waals surface area contributed by atoms with E-state index in [0.717, 1.165) is 0 Å². The summed E-state index contributed by atoms with van der Waals surface area (Å²) in [4.78, 5) is 12.0. The summed E-state index contributed by atoms with van der Waals surface area (Å²) in [7, 11) is -3.79. The molecule has 0 unspecified atom stereocenters. The van der Waals surface area contributed by atoms with Crippen LogP contribution in [-0.4, -0.2) is 38.3 Å². The number of carbonyl (C=O) groups is 1. The number of rotatable bonds is 5. The van der Waals surface area contributed by atoms with E-state index in [1.54, 1.807) is 6.08 Å². The van der Waals surface area contributed by atoms with Crippen LogP contribution >= 0.6 is 23.2 Å². The van der Waals surface area contributed by atoms with Crippen molar-refractivity contribution in [3.8, 4) is 0 Å². The normalized spacial score (nSPS) is 19.3. The first-order chi connectivity index (χ1) is 10.9. The molecule has 5 nitrogen and oxygen atoms in total. The van der Waals surface area contributed by atoms with Crippen LogP contribution in [0, 0.1) is 5.92 Å². The molecule has 1 saturated heterocycles. The van der Waals surface area contributed by atoms with Crippen molar-refractivity contribution >= 4 is 39.1 Å². The number of amides is 1. The lowest BCUT2D eigenvalue weighted by Crippen LogP contribution is -2.45. The van der Waals surface area contributed by atoms with Crippen LogP contribution in [0.2, 0.25) is 10.0 Å². The molecule has 0 aromatic heterocycles. The first-order valence-corrected chi connectivity index (χ1v) is 9.39. The molecular formula is C15H18Cl2N2O3S. The molecule has 1 heterocycles. The van der Waals surface area contributed by atoms with E-state index < -0.39 is 10.0 Å². The van der Waals surface area contributed by atoms with Gasteiger partial charge in [0.05, 0.1) is 10.9 Å². The zero-order valence-corrected chi connectivity index (χ0v) is 14.8. The van der Waals surface area contributed by atoms with Crippen molar-refractivity contribution in [2.75, 3.05) is 19.6 Å². The van der Waals surface area contributed by atoms with Gasteiger partial charge in [-0.1, -0.05) is 29.3 Å². The van der Waals surface area contributed by atoms with Crippen molar-refractivity contribution in [1.82, 2.24) is 9.62 Å². The molecule has 8 heteroatoms. The molecule has 1 aliphatic rings. The third kappa shape index (κ3) is 4.26. The van der Waals surface area contributed by atoms with E-state index in [-0.39, 0.29) is 28.3 Å².